The molecular formula is C23H25ClF4N2O4S. The molecule has 1 aromatic carbocycles. The zero-order valence-electron chi connectivity index (χ0n) is 18.9. The van der Waals surface area contributed by atoms with Crippen molar-refractivity contribution < 1.29 is 35.5 Å². The van der Waals surface area contributed by atoms with Gasteiger partial charge in [-0.1, -0.05) is 17.7 Å². The summed E-state index contributed by atoms with van der Waals surface area (Å²) in [6.45, 7) is -0.372. The maximum atomic E-state index is 14.7. The first-order chi connectivity index (χ1) is 16.3. The largest absolute Gasteiger partial charge is 0.365 e. The van der Waals surface area contributed by atoms with Gasteiger partial charge in [0, 0.05) is 31.0 Å². The first kappa shape index (κ1) is 26.1. The van der Waals surface area contributed by atoms with E-state index in [9.17, 15) is 30.8 Å². The van der Waals surface area contributed by atoms with Crippen molar-refractivity contribution in [3.63, 3.8) is 0 Å². The fourth-order valence-corrected chi connectivity index (χ4v) is 5.38. The van der Waals surface area contributed by atoms with Gasteiger partial charge in [-0.05, 0) is 48.6 Å². The predicted octanol–water partition coefficient (Wildman–Crippen LogP) is 4.11. The average Bonchev–Trinajstić information content (AvgIpc) is 3.55. The van der Waals surface area contributed by atoms with E-state index in [0.717, 1.165) is 18.4 Å². The number of amides is 1. The normalized spacial score (nSPS) is 27.2. The molecule has 1 N–H and O–H groups in total. The van der Waals surface area contributed by atoms with E-state index in [1.807, 2.05) is 0 Å². The van der Waals surface area contributed by atoms with Crippen LogP contribution in [-0.2, 0) is 26.1 Å². The molecule has 1 amide bonds. The van der Waals surface area contributed by atoms with Gasteiger partial charge in [-0.2, -0.15) is 0 Å². The summed E-state index contributed by atoms with van der Waals surface area (Å²) in [5.41, 5.74) is -1.22. The molecule has 35 heavy (non-hydrogen) atoms. The van der Waals surface area contributed by atoms with Gasteiger partial charge in [0.2, 0.25) is 10.0 Å². The van der Waals surface area contributed by atoms with Crippen LogP contribution in [0.25, 0.3) is 0 Å². The Bertz CT molecular complexity index is 1190. The van der Waals surface area contributed by atoms with Gasteiger partial charge in [0.25, 0.3) is 11.8 Å². The van der Waals surface area contributed by atoms with Crippen molar-refractivity contribution in [1.82, 2.24) is 9.62 Å². The minimum absolute atomic E-state index is 0.0328. The van der Waals surface area contributed by atoms with E-state index in [1.165, 1.54) is 23.1 Å². The Morgan fingerprint density at radius 2 is 2.00 bits per heavy atom. The lowest BCUT2D eigenvalue weighted by Gasteiger charge is -2.43. The quantitative estimate of drug-likeness (QED) is 0.531. The summed E-state index contributed by atoms with van der Waals surface area (Å²) >= 11 is 6.07. The van der Waals surface area contributed by atoms with Gasteiger partial charge in [-0.15, -0.1) is 0 Å². The highest BCUT2D eigenvalue weighted by Crippen LogP contribution is 2.49. The van der Waals surface area contributed by atoms with Gasteiger partial charge in [0.15, 0.2) is 0 Å². The van der Waals surface area contributed by atoms with E-state index in [4.69, 9.17) is 16.3 Å². The number of hydrogen-bond acceptors (Lipinski definition) is 5. The number of piperidine rings is 1. The number of carbonyl (C=O) groups is 1. The third-order valence-electron chi connectivity index (χ3n) is 6.28. The van der Waals surface area contributed by atoms with Crippen molar-refractivity contribution in [2.45, 2.75) is 49.9 Å². The Labute approximate surface area is 206 Å². The SMILES string of the molecule is CS(=O)(=O)NC(=O)C1=C[C@](OC2CN(Cc3ccc(F)cc3Cl)CC(F)(F)C2)(C2CC2)CC=C1F. The smallest absolute Gasteiger partial charge is 0.267 e. The molecule has 0 bridgehead atoms. The summed E-state index contributed by atoms with van der Waals surface area (Å²) in [7, 11) is -3.94. The summed E-state index contributed by atoms with van der Waals surface area (Å²) in [4.78, 5) is 13.9. The highest BCUT2D eigenvalue weighted by Gasteiger charge is 2.50. The minimum Gasteiger partial charge on any atom is -0.365 e. The Morgan fingerprint density at radius 3 is 2.63 bits per heavy atom. The van der Waals surface area contributed by atoms with Crippen LogP contribution in [0, 0.1) is 11.7 Å². The van der Waals surface area contributed by atoms with Crippen molar-refractivity contribution in [3.05, 3.63) is 58.2 Å². The van der Waals surface area contributed by atoms with Crippen LogP contribution in [-0.4, -0.2) is 56.2 Å². The summed E-state index contributed by atoms with van der Waals surface area (Å²) < 4.78 is 88.1. The van der Waals surface area contributed by atoms with E-state index < -0.39 is 63.7 Å². The van der Waals surface area contributed by atoms with Crippen LogP contribution in [0.5, 0.6) is 0 Å². The molecule has 1 aliphatic heterocycles. The maximum Gasteiger partial charge on any atom is 0.267 e. The number of nitrogens with one attached hydrogen (secondary N) is 1. The van der Waals surface area contributed by atoms with Crippen LogP contribution >= 0.6 is 11.6 Å². The molecule has 4 rings (SSSR count). The van der Waals surface area contributed by atoms with Crippen molar-refractivity contribution in [1.29, 1.82) is 0 Å². The van der Waals surface area contributed by atoms with Crippen molar-refractivity contribution >= 4 is 27.5 Å². The number of rotatable bonds is 7. The Kier molecular flexibility index (Phi) is 7.09. The highest BCUT2D eigenvalue weighted by atomic mass is 35.5. The number of nitrogens with zero attached hydrogens (tertiary/aromatic N) is 1. The number of hydrogen-bond donors (Lipinski definition) is 1. The number of ether oxygens (including phenoxy) is 1. The van der Waals surface area contributed by atoms with Crippen LogP contribution in [0.4, 0.5) is 17.6 Å². The molecule has 1 saturated carbocycles. The molecule has 2 aliphatic carbocycles. The highest BCUT2D eigenvalue weighted by molar-refractivity contribution is 7.89. The summed E-state index contributed by atoms with van der Waals surface area (Å²) in [5, 5.41) is 0.128. The number of benzene rings is 1. The summed E-state index contributed by atoms with van der Waals surface area (Å²) in [6, 6.07) is 3.76. The average molecular weight is 537 g/mol. The summed E-state index contributed by atoms with van der Waals surface area (Å²) in [5.74, 6) is -5.78. The van der Waals surface area contributed by atoms with E-state index in [-0.39, 0.29) is 30.5 Å². The first-order valence-electron chi connectivity index (χ1n) is 11.1. The van der Waals surface area contributed by atoms with Gasteiger partial charge in [0.1, 0.15) is 11.6 Å². The van der Waals surface area contributed by atoms with Crippen LogP contribution in [0.1, 0.15) is 31.2 Å². The minimum atomic E-state index is -3.94. The Hall–Kier alpha value is -1.95. The third kappa shape index (κ3) is 6.44. The van der Waals surface area contributed by atoms with Gasteiger partial charge in [-0.25, -0.2) is 30.7 Å². The zero-order chi connectivity index (χ0) is 25.6. The van der Waals surface area contributed by atoms with Gasteiger partial charge in [0.05, 0.1) is 30.1 Å². The van der Waals surface area contributed by atoms with Gasteiger partial charge in [-0.3, -0.25) is 9.69 Å². The van der Waals surface area contributed by atoms with Gasteiger partial charge < -0.3 is 4.74 Å². The molecule has 2 atom stereocenters. The zero-order valence-corrected chi connectivity index (χ0v) is 20.4. The van der Waals surface area contributed by atoms with Crippen LogP contribution in [0.2, 0.25) is 5.02 Å². The summed E-state index contributed by atoms with van der Waals surface area (Å²) in [6.07, 6.45) is 3.05. The Balaban J connectivity index is 1.56. The standard InChI is InChI=1S/C23H25ClF4N2O4S/c1-35(32,33)29-21(31)18-10-22(15-3-4-15,7-6-20(18)26)34-17-9-23(27,28)13-30(12-17)11-14-2-5-16(25)8-19(14)24/h2,5-6,8,10,15,17H,3-4,7,9,11-13H2,1H3,(H,29,31)/t17?,22-/m0/s1. The Morgan fingerprint density at radius 1 is 1.29 bits per heavy atom. The second-order valence-electron chi connectivity index (χ2n) is 9.45. The lowest BCUT2D eigenvalue weighted by Crippen LogP contribution is -2.53. The number of halogens is 5. The molecule has 1 heterocycles. The second-order valence-corrected chi connectivity index (χ2v) is 11.6. The second kappa shape index (κ2) is 9.49. The van der Waals surface area contributed by atoms with Crippen LogP contribution < -0.4 is 4.72 Å². The molecule has 1 aromatic rings. The van der Waals surface area contributed by atoms with Crippen molar-refractivity contribution in [2.75, 3.05) is 19.3 Å². The van der Waals surface area contributed by atoms with E-state index in [1.54, 1.807) is 4.72 Å². The van der Waals surface area contributed by atoms with E-state index >= 15 is 0 Å². The molecule has 0 spiro atoms. The lowest BCUT2D eigenvalue weighted by atomic mass is 9.85. The molecule has 2 fully saturated rings. The molecule has 3 aliphatic rings. The monoisotopic (exact) mass is 536 g/mol. The maximum absolute atomic E-state index is 14.7. The van der Waals surface area contributed by atoms with E-state index in [0.29, 0.717) is 18.4 Å². The molecule has 192 valence electrons. The van der Waals surface area contributed by atoms with Crippen molar-refractivity contribution in [2.24, 2.45) is 5.92 Å². The molecule has 6 nitrogen and oxygen atoms in total. The number of sulfonamides is 1. The number of carbonyl (C=O) groups excluding carboxylic acids is 1. The predicted molar refractivity (Wildman–Crippen MR) is 121 cm³/mol. The fraction of sp³-hybridized carbons (Fsp3) is 0.522. The number of likely N-dealkylation sites (tertiary alicyclic amines) is 1. The van der Waals surface area contributed by atoms with Gasteiger partial charge >= 0.3 is 0 Å². The molecule has 0 aromatic heterocycles. The molecule has 0 radical (unpaired) electrons. The first-order valence-corrected chi connectivity index (χ1v) is 13.4. The fourth-order valence-electron chi connectivity index (χ4n) is 4.71. The molecule has 1 saturated heterocycles. The third-order valence-corrected chi connectivity index (χ3v) is 7.18. The van der Waals surface area contributed by atoms with E-state index in [2.05, 4.69) is 0 Å². The molecule has 12 heteroatoms. The topological polar surface area (TPSA) is 75.7 Å². The van der Waals surface area contributed by atoms with Crippen LogP contribution in [0.15, 0.2) is 41.8 Å². The molecule has 1 unspecified atom stereocenters. The van der Waals surface area contributed by atoms with Crippen LogP contribution in [0.3, 0.4) is 0 Å². The number of alkyl halides is 2. The molecular weight excluding hydrogens is 512 g/mol. The van der Waals surface area contributed by atoms with Crippen molar-refractivity contribution in [3.8, 4) is 0 Å². The lowest BCUT2D eigenvalue weighted by molar-refractivity contribution is -0.164.